The first-order valence-electron chi connectivity index (χ1n) is 19.4. The number of ether oxygens (including phenoxy) is 5. The van der Waals surface area contributed by atoms with Crippen LogP contribution in [-0.4, -0.2) is 78.0 Å². The lowest BCUT2D eigenvalue weighted by molar-refractivity contribution is -0.165. The van der Waals surface area contributed by atoms with Gasteiger partial charge in [0.2, 0.25) is 0 Å². The zero-order valence-electron chi connectivity index (χ0n) is 33.2. The summed E-state index contributed by atoms with van der Waals surface area (Å²) < 4.78 is 44.8. The minimum Gasteiger partial charge on any atom is -0.473 e. The standard InChI is InChI=1S/C43H54ClFN4O7/c1-42(2,3)55-40(50)48-31-16-18-32(19-17-31)49(41(51)56-43(4,5)6)27-34(28-12-8-7-9-13-28)29-15-20-35(44)33(24-29)37-30(25-46)26-47-39(38(37)45)54-23-22-53-36-14-10-11-21-52-36/h7-9,12-13,15,20,24,26,31-32,34,36H,10-11,14,16-19,21-23,27H2,1-6H3,(H,48,50). The molecule has 13 heteroatoms. The van der Waals surface area contributed by atoms with E-state index in [9.17, 15) is 14.9 Å². The van der Waals surface area contributed by atoms with E-state index in [1.165, 1.54) is 6.20 Å². The van der Waals surface area contributed by atoms with Crippen molar-refractivity contribution in [2.75, 3.05) is 26.4 Å². The summed E-state index contributed by atoms with van der Waals surface area (Å²) in [5.41, 5.74) is 0.539. The van der Waals surface area contributed by atoms with Gasteiger partial charge < -0.3 is 33.9 Å². The van der Waals surface area contributed by atoms with E-state index in [1.54, 1.807) is 17.0 Å². The molecule has 1 saturated heterocycles. The van der Waals surface area contributed by atoms with Crippen LogP contribution in [0.5, 0.6) is 5.88 Å². The molecule has 2 fully saturated rings. The zero-order chi connectivity index (χ0) is 40.5. The van der Waals surface area contributed by atoms with Crippen molar-refractivity contribution in [3.05, 3.63) is 82.3 Å². The number of halogens is 2. The summed E-state index contributed by atoms with van der Waals surface area (Å²) in [6.45, 7) is 12.0. The molecule has 2 heterocycles. The van der Waals surface area contributed by atoms with Crippen LogP contribution in [0.1, 0.15) is 109 Å². The van der Waals surface area contributed by atoms with Gasteiger partial charge in [0.25, 0.3) is 5.88 Å². The van der Waals surface area contributed by atoms with Gasteiger partial charge >= 0.3 is 12.2 Å². The number of hydrogen-bond donors (Lipinski definition) is 1. The van der Waals surface area contributed by atoms with E-state index < -0.39 is 35.1 Å². The second-order valence-corrected chi connectivity index (χ2v) is 16.7. The molecule has 2 atom stereocenters. The summed E-state index contributed by atoms with van der Waals surface area (Å²) in [4.78, 5) is 32.4. The van der Waals surface area contributed by atoms with E-state index in [1.807, 2.05) is 77.9 Å². The van der Waals surface area contributed by atoms with E-state index in [2.05, 4.69) is 16.4 Å². The summed E-state index contributed by atoms with van der Waals surface area (Å²) >= 11 is 6.79. The van der Waals surface area contributed by atoms with Crippen molar-refractivity contribution in [2.24, 2.45) is 0 Å². The molecule has 5 rings (SSSR count). The molecule has 2 aliphatic rings. The number of benzene rings is 2. The fraction of sp³-hybridized carbons (Fsp3) is 0.535. The molecule has 1 aliphatic heterocycles. The summed E-state index contributed by atoms with van der Waals surface area (Å²) in [7, 11) is 0. The predicted octanol–water partition coefficient (Wildman–Crippen LogP) is 9.54. The molecule has 1 saturated carbocycles. The topological polar surface area (TPSA) is 132 Å². The van der Waals surface area contributed by atoms with Gasteiger partial charge in [0.05, 0.1) is 12.2 Å². The number of nitrogens with zero attached hydrogens (tertiary/aromatic N) is 3. The Morgan fingerprint density at radius 2 is 1.70 bits per heavy atom. The third kappa shape index (κ3) is 12.0. The van der Waals surface area contributed by atoms with Gasteiger partial charge in [-0.2, -0.15) is 5.26 Å². The Bertz CT molecular complexity index is 1830. The molecular formula is C43H54ClFN4O7. The Hall–Kier alpha value is -4.44. The average Bonchev–Trinajstić information content (AvgIpc) is 3.14. The number of rotatable bonds is 12. The molecule has 1 aliphatic carbocycles. The van der Waals surface area contributed by atoms with Gasteiger partial charge in [-0.05, 0) is 110 Å². The van der Waals surface area contributed by atoms with Crippen LogP contribution in [-0.2, 0) is 18.9 Å². The molecule has 2 aromatic carbocycles. The first-order valence-corrected chi connectivity index (χ1v) is 19.8. The molecule has 56 heavy (non-hydrogen) atoms. The summed E-state index contributed by atoms with van der Waals surface area (Å²) in [5, 5.41) is 13.3. The van der Waals surface area contributed by atoms with E-state index in [0.29, 0.717) is 32.3 Å². The van der Waals surface area contributed by atoms with Gasteiger partial charge in [-0.25, -0.2) is 19.0 Å². The predicted molar refractivity (Wildman–Crippen MR) is 211 cm³/mol. The number of hydrogen-bond acceptors (Lipinski definition) is 9. The number of amides is 2. The number of carbonyl (C=O) groups excluding carboxylic acids is 2. The van der Waals surface area contributed by atoms with Gasteiger partial charge in [-0.1, -0.05) is 48.0 Å². The average molecular weight is 793 g/mol. The Balaban J connectivity index is 1.43. The Kier molecular flexibility index (Phi) is 14.6. The van der Waals surface area contributed by atoms with E-state index >= 15 is 4.39 Å². The van der Waals surface area contributed by atoms with E-state index in [0.717, 1.165) is 30.4 Å². The number of pyridine rings is 1. The Morgan fingerprint density at radius 1 is 0.982 bits per heavy atom. The quantitative estimate of drug-likeness (QED) is 0.178. The largest absolute Gasteiger partial charge is 0.473 e. The van der Waals surface area contributed by atoms with Crippen molar-refractivity contribution in [1.29, 1.82) is 5.26 Å². The number of aromatic nitrogens is 1. The van der Waals surface area contributed by atoms with Crippen LogP contribution in [0.2, 0.25) is 5.02 Å². The van der Waals surface area contributed by atoms with Gasteiger partial charge in [-0.15, -0.1) is 0 Å². The van der Waals surface area contributed by atoms with Crippen molar-refractivity contribution < 1.29 is 37.7 Å². The highest BCUT2D eigenvalue weighted by molar-refractivity contribution is 6.33. The van der Waals surface area contributed by atoms with Crippen LogP contribution >= 0.6 is 11.6 Å². The molecule has 11 nitrogen and oxygen atoms in total. The van der Waals surface area contributed by atoms with Crippen molar-refractivity contribution >= 4 is 23.8 Å². The molecule has 2 unspecified atom stereocenters. The molecule has 2 amide bonds. The highest BCUT2D eigenvalue weighted by Crippen LogP contribution is 2.39. The first kappa shape index (κ1) is 42.7. The molecule has 0 spiro atoms. The van der Waals surface area contributed by atoms with Crippen LogP contribution in [0.15, 0.2) is 54.7 Å². The zero-order valence-corrected chi connectivity index (χ0v) is 34.0. The highest BCUT2D eigenvalue weighted by atomic mass is 35.5. The Morgan fingerprint density at radius 3 is 2.34 bits per heavy atom. The lowest BCUT2D eigenvalue weighted by atomic mass is 9.86. The number of nitriles is 1. The molecular weight excluding hydrogens is 739 g/mol. The van der Waals surface area contributed by atoms with Crippen molar-refractivity contribution in [1.82, 2.24) is 15.2 Å². The second kappa shape index (κ2) is 19.1. The highest BCUT2D eigenvalue weighted by Gasteiger charge is 2.35. The van der Waals surface area contributed by atoms with Gasteiger partial charge in [0.15, 0.2) is 12.1 Å². The first-order chi connectivity index (χ1) is 26.6. The van der Waals surface area contributed by atoms with Crippen LogP contribution in [0.25, 0.3) is 11.1 Å². The fourth-order valence-electron chi connectivity index (χ4n) is 7.01. The molecule has 0 radical (unpaired) electrons. The van der Waals surface area contributed by atoms with Gasteiger partial charge in [-0.3, -0.25) is 0 Å². The maximum absolute atomic E-state index is 16.4. The molecule has 1 aromatic heterocycles. The SMILES string of the molecule is CC(C)(C)OC(=O)NC1CCC(N(CC(c2ccccc2)c2ccc(Cl)c(-c3c(C#N)cnc(OCCOC4CCCCO4)c3F)c2)C(=O)OC(C)(C)C)CC1. The minimum atomic E-state index is -0.819. The third-order valence-corrected chi connectivity index (χ3v) is 9.93. The van der Waals surface area contributed by atoms with Crippen LogP contribution in [0.3, 0.4) is 0 Å². The molecule has 3 aromatic rings. The van der Waals surface area contributed by atoms with Crippen LogP contribution in [0.4, 0.5) is 14.0 Å². The van der Waals surface area contributed by atoms with Crippen molar-refractivity contribution in [3.63, 3.8) is 0 Å². The Labute approximate surface area is 334 Å². The van der Waals surface area contributed by atoms with E-state index in [-0.39, 0.29) is 65.7 Å². The van der Waals surface area contributed by atoms with E-state index in [4.69, 9.17) is 35.3 Å². The van der Waals surface area contributed by atoms with Crippen LogP contribution in [0, 0.1) is 17.1 Å². The van der Waals surface area contributed by atoms with Crippen LogP contribution < -0.4 is 10.1 Å². The van der Waals surface area contributed by atoms with Gasteiger partial charge in [0.1, 0.15) is 23.9 Å². The molecule has 0 bridgehead atoms. The second-order valence-electron chi connectivity index (χ2n) is 16.3. The smallest absolute Gasteiger partial charge is 0.410 e. The summed E-state index contributed by atoms with van der Waals surface area (Å²) in [6, 6.07) is 16.8. The fourth-order valence-corrected chi connectivity index (χ4v) is 7.23. The molecule has 1 N–H and O–H groups in total. The lowest BCUT2D eigenvalue weighted by Crippen LogP contribution is -2.49. The monoisotopic (exact) mass is 792 g/mol. The maximum Gasteiger partial charge on any atom is 0.410 e. The summed E-state index contributed by atoms with van der Waals surface area (Å²) in [5.74, 6) is -1.50. The lowest BCUT2D eigenvalue weighted by Gasteiger charge is -2.39. The maximum atomic E-state index is 16.4. The van der Waals surface area contributed by atoms with Crippen molar-refractivity contribution in [3.8, 4) is 23.1 Å². The number of nitrogens with one attached hydrogen (secondary N) is 1. The van der Waals surface area contributed by atoms with Gasteiger partial charge in [0, 0.05) is 53.5 Å². The normalized spacial score (nSPS) is 19.3. The van der Waals surface area contributed by atoms with Crippen molar-refractivity contribution in [2.45, 2.75) is 122 Å². The number of carbonyl (C=O) groups is 2. The number of alkyl carbamates (subject to hydrolysis) is 1. The molecule has 302 valence electrons. The minimum absolute atomic E-state index is 0.0100. The summed E-state index contributed by atoms with van der Waals surface area (Å²) in [6.07, 6.45) is 5.38. The third-order valence-electron chi connectivity index (χ3n) is 9.60.